The van der Waals surface area contributed by atoms with Crippen molar-refractivity contribution >= 4 is 54.4 Å². The Morgan fingerprint density at radius 3 is 2.62 bits per heavy atom. The number of nitrogens with one attached hydrogen (secondary N) is 1. The third-order valence-electron chi connectivity index (χ3n) is 4.57. The molecule has 0 spiro atoms. The highest BCUT2D eigenvalue weighted by Gasteiger charge is 2.48. The second kappa shape index (κ2) is 10.4. The van der Waals surface area contributed by atoms with E-state index in [0.29, 0.717) is 10.8 Å². The largest absolute Gasteiger partial charge is 0.484 e. The van der Waals surface area contributed by atoms with Crippen LogP contribution < -0.4 is 10.1 Å². The number of methoxy groups -OCH3 is 1. The number of hydrogen-bond acceptors (Lipinski definition) is 10. The Balaban J connectivity index is 1.69. The highest BCUT2D eigenvalue weighted by molar-refractivity contribution is 8.00. The fourth-order valence-electron chi connectivity index (χ4n) is 2.95. The molecule has 1 N–H and O–H groups in total. The number of amides is 2. The molecule has 0 radical (unpaired) electrons. The molecule has 0 saturated carbocycles. The third-order valence-corrected chi connectivity index (χ3v) is 6.57. The van der Waals surface area contributed by atoms with Gasteiger partial charge >= 0.3 is 5.97 Å². The first-order valence-corrected chi connectivity index (χ1v) is 11.2. The number of likely N-dealkylation sites (tertiary alicyclic amines) is 1. The number of β-lactam (4-membered cyclic amide) rings is 1. The molecule has 9 nitrogen and oxygen atoms in total. The van der Waals surface area contributed by atoms with E-state index in [0.717, 1.165) is 5.01 Å². The Hall–Kier alpha value is -2.57. The summed E-state index contributed by atoms with van der Waals surface area (Å²) in [5, 5.41) is 12.0. The molecule has 2 atom stereocenters. The van der Waals surface area contributed by atoms with Gasteiger partial charge in [-0.2, -0.15) is 25.3 Å². The second-order valence-corrected chi connectivity index (χ2v) is 9.84. The Morgan fingerprint density at radius 2 is 2.00 bits per heavy atom. The summed E-state index contributed by atoms with van der Waals surface area (Å²) in [7, 11) is 1.24. The number of para-hydroxylation sites is 1. The van der Waals surface area contributed by atoms with Crippen LogP contribution in [0, 0.1) is 6.92 Å². The number of carbonyl (C=O) groups is 3. The van der Waals surface area contributed by atoms with Gasteiger partial charge in [0.05, 0.1) is 13.2 Å². The first kappa shape index (κ1) is 24.1. The van der Waals surface area contributed by atoms with Crippen LogP contribution in [-0.4, -0.2) is 65.2 Å². The lowest BCUT2D eigenvalue weighted by atomic mass is 9.94. The summed E-state index contributed by atoms with van der Waals surface area (Å²) in [5.41, 5.74) is 0. The number of nitrogens with zero attached hydrogens (tertiary/aromatic N) is 3. The summed E-state index contributed by atoms with van der Waals surface area (Å²) >= 11 is 10.4. The van der Waals surface area contributed by atoms with Gasteiger partial charge in [0.25, 0.3) is 5.91 Å². The molecule has 0 bridgehead atoms. The summed E-state index contributed by atoms with van der Waals surface area (Å²) in [4.78, 5) is 38.0. The highest BCUT2D eigenvalue weighted by atomic mass is 32.2. The van der Waals surface area contributed by atoms with Crippen LogP contribution in [0.25, 0.3) is 0 Å². The quantitative estimate of drug-likeness (QED) is 0.159. The molecular formula is C20H22N4O5S3. The molecular weight excluding hydrogens is 472 g/mol. The summed E-state index contributed by atoms with van der Waals surface area (Å²) in [6.07, 6.45) is 3.30. The fraction of sp³-hybridized carbons (Fsp3) is 0.350. The first-order valence-electron chi connectivity index (χ1n) is 9.50. The lowest BCUT2D eigenvalue weighted by molar-refractivity contribution is -0.158. The van der Waals surface area contributed by atoms with Crippen molar-refractivity contribution in [2.24, 2.45) is 0 Å². The number of rotatable bonds is 9. The van der Waals surface area contributed by atoms with E-state index >= 15 is 0 Å². The van der Waals surface area contributed by atoms with Crippen molar-refractivity contribution in [3.63, 3.8) is 0 Å². The zero-order valence-corrected chi connectivity index (χ0v) is 19.9. The van der Waals surface area contributed by atoms with Gasteiger partial charge in [0.2, 0.25) is 5.91 Å². The molecule has 2 aromatic rings. The molecule has 1 aromatic carbocycles. The summed E-state index contributed by atoms with van der Waals surface area (Å²) in [6.45, 7) is 1.31. The standard InChI is InChI=1S/C20H22N4O5S3/c1-12-22-23-19(32-12)20(30,31)9-8-14-17(18(27)24(14)10-16(26)28-2)21-15(25)11-29-13-6-4-3-5-7-13/h3-9,14,17,30-31H,10-11H2,1-2H3,(H,21,25). The fourth-order valence-corrected chi connectivity index (χ4v) is 4.15. The maximum Gasteiger partial charge on any atom is 0.325 e. The van der Waals surface area contributed by atoms with Crippen molar-refractivity contribution in [3.8, 4) is 5.75 Å². The monoisotopic (exact) mass is 494 g/mol. The molecule has 2 unspecified atom stereocenters. The van der Waals surface area contributed by atoms with Crippen LogP contribution in [0.5, 0.6) is 5.75 Å². The van der Waals surface area contributed by atoms with Gasteiger partial charge in [0.15, 0.2) is 6.61 Å². The normalized spacial score (nSPS) is 18.4. The molecule has 32 heavy (non-hydrogen) atoms. The smallest absolute Gasteiger partial charge is 0.325 e. The number of aromatic nitrogens is 2. The van der Waals surface area contributed by atoms with Crippen LogP contribution in [0.15, 0.2) is 42.5 Å². The van der Waals surface area contributed by atoms with Crippen LogP contribution in [0.4, 0.5) is 0 Å². The van der Waals surface area contributed by atoms with Crippen LogP contribution >= 0.6 is 36.6 Å². The number of benzene rings is 1. The van der Waals surface area contributed by atoms with E-state index in [1.165, 1.54) is 23.3 Å². The van der Waals surface area contributed by atoms with Crippen molar-refractivity contribution in [3.05, 3.63) is 52.5 Å². The number of aryl methyl sites for hydroxylation is 1. The molecule has 1 fully saturated rings. The number of ether oxygens (including phenoxy) is 2. The number of carbonyl (C=O) groups excluding carboxylic acids is 3. The Labute approximate surface area is 200 Å². The maximum atomic E-state index is 12.6. The van der Waals surface area contributed by atoms with Gasteiger partial charge in [0, 0.05) is 0 Å². The third kappa shape index (κ3) is 5.81. The number of hydrogen-bond donors (Lipinski definition) is 3. The second-order valence-electron chi connectivity index (χ2n) is 6.89. The van der Waals surface area contributed by atoms with Crippen molar-refractivity contribution in [2.45, 2.75) is 23.1 Å². The Kier molecular flexibility index (Phi) is 7.80. The lowest BCUT2D eigenvalue weighted by Crippen LogP contribution is -2.71. The van der Waals surface area contributed by atoms with Crippen LogP contribution in [0.2, 0.25) is 0 Å². The average molecular weight is 495 g/mol. The molecule has 1 aromatic heterocycles. The van der Waals surface area contributed by atoms with Gasteiger partial charge in [-0.3, -0.25) is 14.4 Å². The minimum atomic E-state index is -1.05. The molecule has 12 heteroatoms. The Morgan fingerprint density at radius 1 is 1.28 bits per heavy atom. The predicted molar refractivity (Wildman–Crippen MR) is 125 cm³/mol. The average Bonchev–Trinajstić information content (AvgIpc) is 3.23. The number of esters is 1. The molecule has 1 saturated heterocycles. The van der Waals surface area contributed by atoms with Crippen LogP contribution in [0.1, 0.15) is 10.0 Å². The van der Waals surface area contributed by atoms with Crippen molar-refractivity contribution in [2.75, 3.05) is 20.3 Å². The van der Waals surface area contributed by atoms with Gasteiger partial charge < -0.3 is 19.7 Å². The topological polar surface area (TPSA) is 111 Å². The maximum absolute atomic E-state index is 12.6. The molecule has 3 rings (SSSR count). The van der Waals surface area contributed by atoms with Crippen LogP contribution in [-0.2, 0) is 23.2 Å². The number of thiol groups is 2. The molecule has 170 valence electrons. The molecule has 0 aliphatic carbocycles. The minimum absolute atomic E-state index is 0.249. The molecule has 2 heterocycles. The van der Waals surface area contributed by atoms with Gasteiger partial charge in [0.1, 0.15) is 32.4 Å². The van der Waals surface area contributed by atoms with E-state index in [-0.39, 0.29) is 13.2 Å². The summed E-state index contributed by atoms with van der Waals surface area (Å²) in [6, 6.07) is 7.38. The Bertz CT molecular complexity index is 1010. The lowest BCUT2D eigenvalue weighted by Gasteiger charge is -2.45. The first-order chi connectivity index (χ1) is 15.2. The van der Waals surface area contributed by atoms with E-state index in [9.17, 15) is 14.4 Å². The molecule has 1 aliphatic heterocycles. The molecule has 1 aliphatic rings. The predicted octanol–water partition coefficient (Wildman–Crippen LogP) is 1.36. The van der Waals surface area contributed by atoms with Crippen LogP contribution in [0.3, 0.4) is 0 Å². The van der Waals surface area contributed by atoms with Crippen molar-refractivity contribution < 1.29 is 23.9 Å². The van der Waals surface area contributed by atoms with E-state index < -0.39 is 33.9 Å². The summed E-state index contributed by atoms with van der Waals surface area (Å²) < 4.78 is 9.04. The molecule has 2 amide bonds. The van der Waals surface area contributed by atoms with Gasteiger partial charge in [-0.05, 0) is 19.1 Å². The van der Waals surface area contributed by atoms with Crippen molar-refractivity contribution in [1.82, 2.24) is 20.4 Å². The van der Waals surface area contributed by atoms with Gasteiger partial charge in [-0.15, -0.1) is 10.2 Å². The van der Waals surface area contributed by atoms with E-state index in [1.807, 2.05) is 13.0 Å². The van der Waals surface area contributed by atoms with E-state index in [2.05, 4.69) is 45.5 Å². The summed E-state index contributed by atoms with van der Waals surface area (Å²) in [5.74, 6) is -0.912. The zero-order chi connectivity index (χ0) is 23.3. The van der Waals surface area contributed by atoms with Gasteiger partial charge in [-0.1, -0.05) is 41.7 Å². The SMILES string of the molecule is COC(=O)CN1C(=O)C(NC(=O)COc2ccccc2)C1C=CC(S)(S)c1nnc(C)s1. The van der Waals surface area contributed by atoms with E-state index in [1.54, 1.807) is 36.4 Å². The minimum Gasteiger partial charge on any atom is -0.484 e. The highest BCUT2D eigenvalue weighted by Crippen LogP contribution is 2.37. The zero-order valence-electron chi connectivity index (χ0n) is 17.3. The van der Waals surface area contributed by atoms with Gasteiger partial charge in [-0.25, -0.2) is 0 Å². The van der Waals surface area contributed by atoms with Crippen molar-refractivity contribution in [1.29, 1.82) is 0 Å². The van der Waals surface area contributed by atoms with E-state index in [4.69, 9.17) is 4.74 Å².